The maximum absolute atomic E-state index is 12.5. The zero-order valence-electron chi connectivity index (χ0n) is 11.6. The van der Waals surface area contributed by atoms with E-state index in [1.807, 2.05) is 29.2 Å². The Hall–Kier alpha value is -1.57. The molecular weight excluding hydrogens is 234 g/mol. The van der Waals surface area contributed by atoms with E-state index >= 15 is 0 Å². The van der Waals surface area contributed by atoms with E-state index in [4.69, 9.17) is 0 Å². The maximum Gasteiger partial charge on any atom is 0.254 e. The zero-order valence-corrected chi connectivity index (χ0v) is 11.6. The quantitative estimate of drug-likeness (QED) is 0.560. The largest absolute Gasteiger partial charge is 0.339 e. The summed E-state index contributed by atoms with van der Waals surface area (Å²) in [6, 6.07) is 8.04. The number of carbonyl (C=O) groups is 1. The lowest BCUT2D eigenvalue weighted by Gasteiger charge is -2.20. The second-order valence-corrected chi connectivity index (χ2v) is 5.19. The molecular formula is C17H23NO. The van der Waals surface area contributed by atoms with Gasteiger partial charge in [-0.15, -0.1) is 6.58 Å². The summed E-state index contributed by atoms with van der Waals surface area (Å²) in [4.78, 5) is 14.5. The van der Waals surface area contributed by atoms with E-state index in [-0.39, 0.29) is 5.91 Å². The zero-order chi connectivity index (χ0) is 13.5. The molecule has 0 saturated heterocycles. The molecule has 0 bridgehead atoms. The van der Waals surface area contributed by atoms with Crippen LogP contribution >= 0.6 is 0 Å². The monoisotopic (exact) mass is 257 g/mol. The number of allylic oxidation sites excluding steroid dienone is 1. The molecule has 2 rings (SSSR count). The molecule has 0 aromatic heterocycles. The standard InChI is InChI=1S/C17H23NO/c1-2-3-4-5-8-13-18-14-9-11-15-10-6-7-12-16(15)17(18)19/h2,6-7,10,12H,1,3-5,8-9,11,13-14H2. The number of unbranched alkanes of at least 4 members (excludes halogenated alkanes) is 3. The van der Waals surface area contributed by atoms with Gasteiger partial charge < -0.3 is 4.90 Å². The van der Waals surface area contributed by atoms with Crippen LogP contribution in [0.15, 0.2) is 36.9 Å². The van der Waals surface area contributed by atoms with Crippen molar-refractivity contribution in [2.24, 2.45) is 0 Å². The third kappa shape index (κ3) is 3.69. The number of nitrogens with zero attached hydrogens (tertiary/aromatic N) is 1. The van der Waals surface area contributed by atoms with Crippen LogP contribution in [0.5, 0.6) is 0 Å². The van der Waals surface area contributed by atoms with Crippen molar-refractivity contribution < 1.29 is 4.79 Å². The first-order chi connectivity index (χ1) is 9.33. The summed E-state index contributed by atoms with van der Waals surface area (Å²) in [5, 5.41) is 0. The highest BCUT2D eigenvalue weighted by Gasteiger charge is 2.21. The number of fused-ring (bicyclic) bond motifs is 1. The van der Waals surface area contributed by atoms with Crippen LogP contribution in [0.4, 0.5) is 0 Å². The molecule has 0 fully saturated rings. The Morgan fingerprint density at radius 1 is 1.21 bits per heavy atom. The van der Waals surface area contributed by atoms with Crippen molar-refractivity contribution in [2.75, 3.05) is 13.1 Å². The van der Waals surface area contributed by atoms with Gasteiger partial charge >= 0.3 is 0 Å². The van der Waals surface area contributed by atoms with Crippen LogP contribution < -0.4 is 0 Å². The number of rotatable bonds is 6. The number of benzene rings is 1. The van der Waals surface area contributed by atoms with Gasteiger partial charge in [-0.1, -0.05) is 30.7 Å². The number of hydrogen-bond donors (Lipinski definition) is 0. The summed E-state index contributed by atoms with van der Waals surface area (Å²) in [6.07, 6.45) is 8.61. The summed E-state index contributed by atoms with van der Waals surface area (Å²) >= 11 is 0. The highest BCUT2D eigenvalue weighted by Crippen LogP contribution is 2.19. The molecule has 0 spiro atoms. The predicted molar refractivity (Wildman–Crippen MR) is 79.3 cm³/mol. The number of aryl methyl sites for hydroxylation is 1. The molecule has 1 aromatic rings. The SMILES string of the molecule is C=CCCCCCN1CCCc2ccccc2C1=O. The Kier molecular flexibility index (Phi) is 5.20. The van der Waals surface area contributed by atoms with Gasteiger partial charge in [0.2, 0.25) is 0 Å². The summed E-state index contributed by atoms with van der Waals surface area (Å²) in [5.74, 6) is 0.219. The predicted octanol–water partition coefficient (Wildman–Crippen LogP) is 3.82. The lowest BCUT2D eigenvalue weighted by Crippen LogP contribution is -2.31. The van der Waals surface area contributed by atoms with Crippen LogP contribution in [0, 0.1) is 0 Å². The maximum atomic E-state index is 12.5. The molecule has 1 aromatic carbocycles. The molecule has 19 heavy (non-hydrogen) atoms. The molecule has 1 aliphatic heterocycles. The van der Waals surface area contributed by atoms with Crippen LogP contribution in [0.1, 0.15) is 48.0 Å². The molecule has 0 N–H and O–H groups in total. The van der Waals surface area contributed by atoms with Gasteiger partial charge in [0.05, 0.1) is 0 Å². The molecule has 1 heterocycles. The molecule has 0 unspecified atom stereocenters. The Bertz CT molecular complexity index is 439. The van der Waals surface area contributed by atoms with Gasteiger partial charge in [0.1, 0.15) is 0 Å². The number of amides is 1. The summed E-state index contributed by atoms with van der Waals surface area (Å²) in [6.45, 7) is 5.52. The fourth-order valence-electron chi connectivity index (χ4n) is 2.66. The lowest BCUT2D eigenvalue weighted by molar-refractivity contribution is 0.0758. The average molecular weight is 257 g/mol. The minimum atomic E-state index is 0.219. The van der Waals surface area contributed by atoms with Gasteiger partial charge in [0, 0.05) is 18.7 Å². The van der Waals surface area contributed by atoms with Gasteiger partial charge in [-0.3, -0.25) is 4.79 Å². The van der Waals surface area contributed by atoms with Gasteiger partial charge in [0.15, 0.2) is 0 Å². The second-order valence-electron chi connectivity index (χ2n) is 5.19. The fraction of sp³-hybridized carbons (Fsp3) is 0.471. The van der Waals surface area contributed by atoms with E-state index in [1.54, 1.807) is 0 Å². The van der Waals surface area contributed by atoms with Crippen molar-refractivity contribution in [3.05, 3.63) is 48.0 Å². The van der Waals surface area contributed by atoms with Gasteiger partial charge in [0.25, 0.3) is 5.91 Å². The number of carbonyl (C=O) groups excluding carboxylic acids is 1. The minimum absolute atomic E-state index is 0.219. The summed E-state index contributed by atoms with van der Waals surface area (Å²) in [5.41, 5.74) is 2.12. The third-order valence-corrected chi connectivity index (χ3v) is 3.75. The average Bonchev–Trinajstić information content (AvgIpc) is 2.59. The molecule has 1 aliphatic rings. The van der Waals surface area contributed by atoms with Crippen molar-refractivity contribution >= 4 is 5.91 Å². The third-order valence-electron chi connectivity index (χ3n) is 3.75. The first kappa shape index (κ1) is 13.9. The number of hydrogen-bond acceptors (Lipinski definition) is 1. The first-order valence-corrected chi connectivity index (χ1v) is 7.31. The molecule has 2 nitrogen and oxygen atoms in total. The lowest BCUT2D eigenvalue weighted by atomic mass is 10.0. The van der Waals surface area contributed by atoms with Crippen LogP contribution in [0.3, 0.4) is 0 Å². The molecule has 0 aliphatic carbocycles. The second kappa shape index (κ2) is 7.13. The molecule has 0 saturated carbocycles. The summed E-state index contributed by atoms with van der Waals surface area (Å²) < 4.78 is 0. The smallest absolute Gasteiger partial charge is 0.254 e. The van der Waals surface area contributed by atoms with Crippen molar-refractivity contribution in [1.29, 1.82) is 0 Å². The van der Waals surface area contributed by atoms with Crippen LogP contribution in [-0.2, 0) is 6.42 Å². The van der Waals surface area contributed by atoms with E-state index in [0.29, 0.717) is 0 Å². The van der Waals surface area contributed by atoms with E-state index in [2.05, 4.69) is 12.6 Å². The van der Waals surface area contributed by atoms with Crippen LogP contribution in [-0.4, -0.2) is 23.9 Å². The normalized spacial score (nSPS) is 14.9. The van der Waals surface area contributed by atoms with Crippen molar-refractivity contribution in [1.82, 2.24) is 4.90 Å². The highest BCUT2D eigenvalue weighted by atomic mass is 16.2. The topological polar surface area (TPSA) is 20.3 Å². The fourth-order valence-corrected chi connectivity index (χ4v) is 2.66. The van der Waals surface area contributed by atoms with Crippen molar-refractivity contribution in [2.45, 2.75) is 38.5 Å². The van der Waals surface area contributed by atoms with E-state index in [9.17, 15) is 4.79 Å². The minimum Gasteiger partial charge on any atom is -0.339 e. The van der Waals surface area contributed by atoms with Crippen molar-refractivity contribution in [3.63, 3.8) is 0 Å². The van der Waals surface area contributed by atoms with E-state index in [0.717, 1.165) is 44.3 Å². The van der Waals surface area contributed by atoms with Gasteiger partial charge in [-0.2, -0.15) is 0 Å². The Morgan fingerprint density at radius 2 is 2.05 bits per heavy atom. The van der Waals surface area contributed by atoms with E-state index < -0.39 is 0 Å². The first-order valence-electron chi connectivity index (χ1n) is 7.31. The Morgan fingerprint density at radius 3 is 2.89 bits per heavy atom. The van der Waals surface area contributed by atoms with Gasteiger partial charge in [-0.25, -0.2) is 0 Å². The Balaban J connectivity index is 1.92. The van der Waals surface area contributed by atoms with Crippen molar-refractivity contribution in [3.8, 4) is 0 Å². The van der Waals surface area contributed by atoms with Crippen LogP contribution in [0.2, 0.25) is 0 Å². The highest BCUT2D eigenvalue weighted by molar-refractivity contribution is 5.96. The Labute approximate surface area is 116 Å². The summed E-state index contributed by atoms with van der Waals surface area (Å²) in [7, 11) is 0. The van der Waals surface area contributed by atoms with Gasteiger partial charge in [-0.05, 0) is 43.7 Å². The molecule has 1 amide bonds. The van der Waals surface area contributed by atoms with E-state index in [1.165, 1.54) is 18.4 Å². The molecule has 0 radical (unpaired) electrons. The molecule has 102 valence electrons. The molecule has 0 atom stereocenters. The van der Waals surface area contributed by atoms with Crippen LogP contribution in [0.25, 0.3) is 0 Å². The molecule has 2 heteroatoms.